The molecule has 0 heterocycles. The Bertz CT molecular complexity index is 1090. The van der Waals surface area contributed by atoms with Crippen molar-refractivity contribution in [3.63, 3.8) is 0 Å². The van der Waals surface area contributed by atoms with Gasteiger partial charge in [0.05, 0.1) is 19.1 Å². The minimum absolute atomic E-state index is 0.146. The third-order valence-electron chi connectivity index (χ3n) is 5.07. The molecule has 0 saturated carbocycles. The number of ether oxygens (including phenoxy) is 1. The number of hydrogen-bond donors (Lipinski definition) is 1. The molecule has 0 aliphatic rings. The number of halogens is 1. The van der Waals surface area contributed by atoms with Crippen molar-refractivity contribution in [2.45, 2.75) is 33.4 Å². The number of methoxy groups -OCH3 is 1. The maximum absolute atomic E-state index is 13.5. The first kappa shape index (κ1) is 26.7. The van der Waals surface area contributed by atoms with Crippen molar-refractivity contribution < 1.29 is 22.7 Å². The molecule has 0 fully saturated rings. The molecule has 0 spiro atoms. The summed E-state index contributed by atoms with van der Waals surface area (Å²) in [6.45, 7) is 5.33. The van der Waals surface area contributed by atoms with Crippen LogP contribution in [0.1, 0.15) is 25.0 Å². The van der Waals surface area contributed by atoms with Crippen LogP contribution >= 0.6 is 15.9 Å². The van der Waals surface area contributed by atoms with E-state index in [2.05, 4.69) is 21.2 Å². The standard InChI is InChI=1S/C23H30BrN3O5S/c1-6-25-23(29)17(3)26(14-18-8-10-19(24)11-9-18)22(28)15-27(33(5,30)31)20-13-16(2)7-12-21(20)32-4/h7-13,17H,6,14-15H2,1-5H3,(H,25,29)/t17-/m1/s1. The van der Waals surface area contributed by atoms with E-state index in [-0.39, 0.29) is 18.1 Å². The summed E-state index contributed by atoms with van der Waals surface area (Å²) in [5.41, 5.74) is 1.89. The Morgan fingerprint density at radius 2 is 1.79 bits per heavy atom. The van der Waals surface area contributed by atoms with Gasteiger partial charge in [-0.2, -0.15) is 0 Å². The van der Waals surface area contributed by atoms with E-state index < -0.39 is 28.5 Å². The number of nitrogens with zero attached hydrogens (tertiary/aromatic N) is 2. The lowest BCUT2D eigenvalue weighted by Gasteiger charge is -2.31. The van der Waals surface area contributed by atoms with Crippen LogP contribution in [0.3, 0.4) is 0 Å². The number of amides is 2. The fourth-order valence-corrected chi connectivity index (χ4v) is 4.39. The van der Waals surface area contributed by atoms with E-state index in [0.717, 1.165) is 26.2 Å². The molecular weight excluding hydrogens is 510 g/mol. The molecule has 8 nitrogen and oxygen atoms in total. The molecule has 1 atom stereocenters. The van der Waals surface area contributed by atoms with Gasteiger partial charge in [-0.05, 0) is 56.2 Å². The number of aryl methyl sites for hydroxylation is 1. The van der Waals surface area contributed by atoms with Crippen molar-refractivity contribution in [3.05, 3.63) is 58.1 Å². The molecule has 0 saturated heterocycles. The molecule has 180 valence electrons. The zero-order chi connectivity index (χ0) is 24.8. The van der Waals surface area contributed by atoms with E-state index >= 15 is 0 Å². The molecule has 10 heteroatoms. The Morgan fingerprint density at radius 3 is 2.33 bits per heavy atom. The smallest absolute Gasteiger partial charge is 0.244 e. The summed E-state index contributed by atoms with van der Waals surface area (Å²) >= 11 is 3.38. The zero-order valence-corrected chi connectivity index (χ0v) is 21.9. The van der Waals surface area contributed by atoms with Crippen LogP contribution in [0.5, 0.6) is 5.75 Å². The topological polar surface area (TPSA) is 96.0 Å². The summed E-state index contributed by atoms with van der Waals surface area (Å²) in [5, 5.41) is 2.72. The predicted octanol–water partition coefficient (Wildman–Crippen LogP) is 3.09. The molecule has 0 bridgehead atoms. The highest BCUT2D eigenvalue weighted by Gasteiger charge is 2.31. The highest BCUT2D eigenvalue weighted by atomic mass is 79.9. The SMILES string of the molecule is CCNC(=O)[C@@H](C)N(Cc1ccc(Br)cc1)C(=O)CN(c1cc(C)ccc1OC)S(C)(=O)=O. The minimum atomic E-state index is -3.83. The van der Waals surface area contributed by atoms with Crippen molar-refractivity contribution in [1.82, 2.24) is 10.2 Å². The van der Waals surface area contributed by atoms with Crippen LogP contribution in [0, 0.1) is 6.92 Å². The molecule has 2 aromatic carbocycles. The van der Waals surface area contributed by atoms with E-state index in [0.29, 0.717) is 12.3 Å². The molecule has 1 N–H and O–H groups in total. The first-order chi connectivity index (χ1) is 15.5. The highest BCUT2D eigenvalue weighted by Crippen LogP contribution is 2.31. The Hall–Kier alpha value is -2.59. The molecular formula is C23H30BrN3O5S. The van der Waals surface area contributed by atoms with Crippen LogP contribution in [0.2, 0.25) is 0 Å². The average molecular weight is 540 g/mol. The zero-order valence-electron chi connectivity index (χ0n) is 19.5. The molecule has 0 aromatic heterocycles. The number of carbonyl (C=O) groups excluding carboxylic acids is 2. The van der Waals surface area contributed by atoms with Gasteiger partial charge in [-0.1, -0.05) is 34.1 Å². The fourth-order valence-electron chi connectivity index (χ4n) is 3.28. The minimum Gasteiger partial charge on any atom is -0.495 e. The number of sulfonamides is 1. The van der Waals surface area contributed by atoms with Crippen LogP contribution in [0.15, 0.2) is 46.9 Å². The lowest BCUT2D eigenvalue weighted by Crippen LogP contribution is -2.51. The molecule has 2 rings (SSSR count). The maximum atomic E-state index is 13.5. The lowest BCUT2D eigenvalue weighted by atomic mass is 10.1. The van der Waals surface area contributed by atoms with Crippen LogP contribution in [0.4, 0.5) is 5.69 Å². The van der Waals surface area contributed by atoms with E-state index in [1.165, 1.54) is 12.0 Å². The number of hydrogen-bond acceptors (Lipinski definition) is 5. The summed E-state index contributed by atoms with van der Waals surface area (Å²) in [6, 6.07) is 11.7. The van der Waals surface area contributed by atoms with Crippen LogP contribution in [-0.2, 0) is 26.2 Å². The Kier molecular flexibility index (Phi) is 9.30. The van der Waals surface area contributed by atoms with Gasteiger partial charge in [0.25, 0.3) is 0 Å². The Balaban J connectivity index is 2.44. The van der Waals surface area contributed by atoms with Crippen LogP contribution < -0.4 is 14.4 Å². The van der Waals surface area contributed by atoms with Crippen LogP contribution in [-0.4, -0.2) is 57.6 Å². The molecule has 33 heavy (non-hydrogen) atoms. The molecule has 2 aromatic rings. The summed E-state index contributed by atoms with van der Waals surface area (Å²) in [7, 11) is -2.39. The maximum Gasteiger partial charge on any atom is 0.244 e. The number of anilines is 1. The third kappa shape index (κ3) is 7.20. The molecule has 2 amide bonds. The first-order valence-corrected chi connectivity index (χ1v) is 13.1. The number of benzene rings is 2. The summed E-state index contributed by atoms with van der Waals surface area (Å²) in [5.74, 6) is -0.497. The monoisotopic (exact) mass is 539 g/mol. The normalized spacial score (nSPS) is 12.1. The van der Waals surface area contributed by atoms with E-state index in [1.54, 1.807) is 32.0 Å². The highest BCUT2D eigenvalue weighted by molar-refractivity contribution is 9.10. The summed E-state index contributed by atoms with van der Waals surface area (Å²) in [6.07, 6.45) is 1.04. The summed E-state index contributed by atoms with van der Waals surface area (Å²) < 4.78 is 32.6. The van der Waals surface area contributed by atoms with Gasteiger partial charge in [0.2, 0.25) is 21.8 Å². The van der Waals surface area contributed by atoms with Gasteiger partial charge in [0.15, 0.2) is 0 Å². The average Bonchev–Trinajstić information content (AvgIpc) is 2.75. The second-order valence-electron chi connectivity index (χ2n) is 7.66. The van der Waals surface area contributed by atoms with Gasteiger partial charge < -0.3 is 15.0 Å². The van der Waals surface area contributed by atoms with Crippen molar-refractivity contribution in [2.75, 3.05) is 30.8 Å². The van der Waals surface area contributed by atoms with Gasteiger partial charge in [0.1, 0.15) is 18.3 Å². The number of carbonyl (C=O) groups is 2. The Morgan fingerprint density at radius 1 is 1.15 bits per heavy atom. The van der Waals surface area contributed by atoms with Crippen molar-refractivity contribution in [3.8, 4) is 5.75 Å². The number of nitrogens with one attached hydrogen (secondary N) is 1. The van der Waals surface area contributed by atoms with Gasteiger partial charge in [-0.15, -0.1) is 0 Å². The van der Waals surface area contributed by atoms with Gasteiger partial charge in [-0.3, -0.25) is 13.9 Å². The molecule has 0 aliphatic heterocycles. The largest absolute Gasteiger partial charge is 0.495 e. The molecule has 0 unspecified atom stereocenters. The van der Waals surface area contributed by atoms with E-state index in [1.807, 2.05) is 31.2 Å². The molecule has 0 aliphatic carbocycles. The van der Waals surface area contributed by atoms with Crippen molar-refractivity contribution >= 4 is 43.5 Å². The van der Waals surface area contributed by atoms with Gasteiger partial charge >= 0.3 is 0 Å². The lowest BCUT2D eigenvalue weighted by molar-refractivity contribution is -0.139. The second kappa shape index (κ2) is 11.5. The number of rotatable bonds is 10. The van der Waals surface area contributed by atoms with Crippen molar-refractivity contribution in [2.24, 2.45) is 0 Å². The summed E-state index contributed by atoms with van der Waals surface area (Å²) in [4.78, 5) is 27.4. The van der Waals surface area contributed by atoms with E-state index in [9.17, 15) is 18.0 Å². The third-order valence-corrected chi connectivity index (χ3v) is 6.72. The fraction of sp³-hybridized carbons (Fsp3) is 0.391. The second-order valence-corrected chi connectivity index (χ2v) is 10.5. The first-order valence-electron chi connectivity index (χ1n) is 10.4. The Labute approximate surface area is 204 Å². The van der Waals surface area contributed by atoms with Crippen LogP contribution in [0.25, 0.3) is 0 Å². The van der Waals surface area contributed by atoms with Gasteiger partial charge in [0, 0.05) is 17.6 Å². The quantitative estimate of drug-likeness (QED) is 0.500. The van der Waals surface area contributed by atoms with Gasteiger partial charge in [-0.25, -0.2) is 8.42 Å². The molecule has 0 radical (unpaired) electrons. The van der Waals surface area contributed by atoms with Crippen molar-refractivity contribution in [1.29, 1.82) is 0 Å². The predicted molar refractivity (Wildman–Crippen MR) is 133 cm³/mol. The van der Waals surface area contributed by atoms with E-state index in [4.69, 9.17) is 4.74 Å². The number of likely N-dealkylation sites (N-methyl/N-ethyl adjacent to an activating group) is 1.